The zero-order valence-electron chi connectivity index (χ0n) is 15.4. The van der Waals surface area contributed by atoms with Gasteiger partial charge in [-0.2, -0.15) is 0 Å². The van der Waals surface area contributed by atoms with Gasteiger partial charge in [0, 0.05) is 40.3 Å². The number of halogens is 2. The van der Waals surface area contributed by atoms with Crippen molar-refractivity contribution in [1.82, 2.24) is 0 Å². The normalized spacial score (nSPS) is 22.1. The van der Waals surface area contributed by atoms with Gasteiger partial charge in [0.1, 0.15) is 5.78 Å². The number of aliphatic carboxylic acids is 1. The van der Waals surface area contributed by atoms with E-state index in [2.05, 4.69) is 0 Å². The lowest BCUT2D eigenvalue weighted by atomic mass is 9.88. The first-order chi connectivity index (χ1) is 13.3. The van der Waals surface area contributed by atoms with Crippen LogP contribution < -0.4 is 0 Å². The zero-order chi connectivity index (χ0) is 20.7. The fraction of sp³-hybridized carbons (Fsp3) is 0.476. The van der Waals surface area contributed by atoms with E-state index >= 15 is 0 Å². The van der Waals surface area contributed by atoms with Crippen LogP contribution in [0.4, 0.5) is 0 Å². The Labute approximate surface area is 174 Å². The maximum absolute atomic E-state index is 12.4. The molecule has 0 spiro atoms. The van der Waals surface area contributed by atoms with E-state index < -0.39 is 18.0 Å². The number of carboxylic acids is 1. The molecule has 0 heterocycles. The minimum absolute atomic E-state index is 0.00550. The second kappa shape index (κ2) is 10.7. The van der Waals surface area contributed by atoms with Gasteiger partial charge in [-0.15, -0.1) is 0 Å². The molecule has 1 aliphatic carbocycles. The summed E-state index contributed by atoms with van der Waals surface area (Å²) in [5.74, 6) is -1.80. The van der Waals surface area contributed by atoms with E-state index in [9.17, 15) is 19.5 Å². The van der Waals surface area contributed by atoms with E-state index in [1.54, 1.807) is 6.08 Å². The summed E-state index contributed by atoms with van der Waals surface area (Å²) in [7, 11) is 0. The second-order valence-electron chi connectivity index (χ2n) is 7.15. The van der Waals surface area contributed by atoms with E-state index in [1.807, 2.05) is 0 Å². The molecule has 152 valence electrons. The molecule has 0 aliphatic heterocycles. The third-order valence-electron chi connectivity index (χ3n) is 5.01. The summed E-state index contributed by atoms with van der Waals surface area (Å²) >= 11 is 11.8. The Balaban J connectivity index is 1.93. The first kappa shape index (κ1) is 22.6. The van der Waals surface area contributed by atoms with Gasteiger partial charge < -0.3 is 10.2 Å². The van der Waals surface area contributed by atoms with Gasteiger partial charge in [-0.1, -0.05) is 48.5 Å². The predicted molar refractivity (Wildman–Crippen MR) is 108 cm³/mol. The maximum atomic E-state index is 12.4. The number of allylic oxidation sites excluding steroid dienone is 1. The van der Waals surface area contributed by atoms with E-state index in [1.165, 1.54) is 24.3 Å². The summed E-state index contributed by atoms with van der Waals surface area (Å²) in [5.41, 5.74) is 0.350. The Bertz CT molecular complexity index is 739. The molecule has 0 saturated heterocycles. The van der Waals surface area contributed by atoms with Crippen LogP contribution >= 0.6 is 23.2 Å². The van der Waals surface area contributed by atoms with E-state index in [0.29, 0.717) is 28.5 Å². The molecule has 2 N–H and O–H groups in total. The summed E-state index contributed by atoms with van der Waals surface area (Å²) < 4.78 is 0. The number of carboxylic acid groups (broad SMARTS) is 1. The molecule has 0 amide bonds. The first-order valence-corrected chi connectivity index (χ1v) is 10.1. The molecule has 2 rings (SSSR count). The maximum Gasteiger partial charge on any atom is 0.303 e. The summed E-state index contributed by atoms with van der Waals surface area (Å²) in [4.78, 5) is 35.1. The predicted octanol–water partition coefficient (Wildman–Crippen LogP) is 4.72. The van der Waals surface area contributed by atoms with Crippen molar-refractivity contribution in [2.75, 3.05) is 0 Å². The molecule has 0 aromatic heterocycles. The number of Topliss-reactive ketones (excluding diaryl/α,β-unsaturated/α-hetero) is 1. The molecule has 1 aromatic carbocycles. The van der Waals surface area contributed by atoms with Crippen LogP contribution in [0.15, 0.2) is 30.4 Å². The number of hydrogen-bond donors (Lipinski definition) is 2. The lowest BCUT2D eigenvalue weighted by molar-refractivity contribution is -0.137. The van der Waals surface area contributed by atoms with Crippen LogP contribution in [0.25, 0.3) is 0 Å². The van der Waals surface area contributed by atoms with Crippen molar-refractivity contribution in [3.63, 3.8) is 0 Å². The van der Waals surface area contributed by atoms with Gasteiger partial charge in [0.2, 0.25) is 0 Å². The SMILES string of the molecule is O=C(O)CCCCCC[C@@H]1C(=O)C[C@@H](O)[C@H]1C=CC(=O)c1cc(Cl)cc(Cl)c1. The fourth-order valence-corrected chi connectivity index (χ4v) is 4.10. The van der Waals surface area contributed by atoms with Crippen molar-refractivity contribution in [2.45, 2.75) is 51.0 Å². The van der Waals surface area contributed by atoms with Crippen molar-refractivity contribution in [1.29, 1.82) is 0 Å². The number of benzene rings is 1. The second-order valence-corrected chi connectivity index (χ2v) is 8.02. The summed E-state index contributed by atoms with van der Waals surface area (Å²) in [6, 6.07) is 4.57. The fourth-order valence-electron chi connectivity index (χ4n) is 3.58. The number of hydrogen-bond acceptors (Lipinski definition) is 4. The minimum atomic E-state index is -0.801. The number of ketones is 2. The van der Waals surface area contributed by atoms with Crippen LogP contribution in [0.3, 0.4) is 0 Å². The highest BCUT2D eigenvalue weighted by atomic mass is 35.5. The van der Waals surface area contributed by atoms with Crippen molar-refractivity contribution in [3.05, 3.63) is 46.0 Å². The molecule has 5 nitrogen and oxygen atoms in total. The number of unbranched alkanes of at least 4 members (excludes halogenated alkanes) is 3. The molecule has 7 heteroatoms. The average molecular weight is 427 g/mol. The van der Waals surface area contributed by atoms with Crippen LogP contribution in [0, 0.1) is 11.8 Å². The molecule has 1 saturated carbocycles. The number of carbonyl (C=O) groups excluding carboxylic acids is 2. The van der Waals surface area contributed by atoms with Crippen LogP contribution in [-0.4, -0.2) is 33.9 Å². The van der Waals surface area contributed by atoms with Gasteiger partial charge in [0.05, 0.1) is 6.10 Å². The highest BCUT2D eigenvalue weighted by Crippen LogP contribution is 2.34. The Kier molecular flexibility index (Phi) is 8.67. The smallest absolute Gasteiger partial charge is 0.303 e. The quantitative estimate of drug-likeness (QED) is 0.320. The van der Waals surface area contributed by atoms with E-state index in [0.717, 1.165) is 19.3 Å². The van der Waals surface area contributed by atoms with Crippen molar-refractivity contribution in [2.24, 2.45) is 11.8 Å². The van der Waals surface area contributed by atoms with Gasteiger partial charge >= 0.3 is 5.97 Å². The van der Waals surface area contributed by atoms with Gasteiger partial charge in [-0.25, -0.2) is 0 Å². The Morgan fingerprint density at radius 1 is 1.07 bits per heavy atom. The van der Waals surface area contributed by atoms with Crippen molar-refractivity contribution < 1.29 is 24.6 Å². The summed E-state index contributed by atoms with van der Waals surface area (Å²) in [5, 5.41) is 19.6. The summed E-state index contributed by atoms with van der Waals surface area (Å²) in [6.07, 6.45) is 6.09. The van der Waals surface area contributed by atoms with Gasteiger partial charge in [-0.05, 0) is 37.1 Å². The molecule has 1 aromatic rings. The van der Waals surface area contributed by atoms with Crippen LogP contribution in [0.2, 0.25) is 10.0 Å². The number of aliphatic hydroxyl groups is 1. The molecule has 0 unspecified atom stereocenters. The Morgan fingerprint density at radius 2 is 1.71 bits per heavy atom. The largest absolute Gasteiger partial charge is 0.481 e. The molecule has 28 heavy (non-hydrogen) atoms. The van der Waals surface area contributed by atoms with Gasteiger partial charge in [-0.3, -0.25) is 14.4 Å². The third kappa shape index (κ3) is 6.73. The summed E-state index contributed by atoms with van der Waals surface area (Å²) in [6.45, 7) is 0. The number of carbonyl (C=O) groups is 3. The zero-order valence-corrected chi connectivity index (χ0v) is 17.0. The molecule has 0 bridgehead atoms. The van der Waals surface area contributed by atoms with Gasteiger partial charge in [0.25, 0.3) is 0 Å². The molecule has 1 fully saturated rings. The molecule has 3 atom stereocenters. The average Bonchev–Trinajstić information content (AvgIpc) is 2.87. The molecular weight excluding hydrogens is 403 g/mol. The van der Waals surface area contributed by atoms with Crippen LogP contribution in [0.5, 0.6) is 0 Å². The van der Waals surface area contributed by atoms with Crippen molar-refractivity contribution in [3.8, 4) is 0 Å². The highest BCUT2D eigenvalue weighted by Gasteiger charge is 2.39. The lowest BCUT2D eigenvalue weighted by Gasteiger charge is -2.17. The monoisotopic (exact) mass is 426 g/mol. The molecule has 0 radical (unpaired) electrons. The molecular formula is C21H24Cl2O5. The third-order valence-corrected chi connectivity index (χ3v) is 5.44. The van der Waals surface area contributed by atoms with E-state index in [-0.39, 0.29) is 30.3 Å². The Morgan fingerprint density at radius 3 is 2.36 bits per heavy atom. The lowest BCUT2D eigenvalue weighted by Crippen LogP contribution is -2.19. The first-order valence-electron chi connectivity index (χ1n) is 9.39. The van der Waals surface area contributed by atoms with Crippen molar-refractivity contribution >= 4 is 40.7 Å². The Hall–Kier alpha value is -1.69. The van der Waals surface area contributed by atoms with Gasteiger partial charge in [0.15, 0.2) is 5.78 Å². The highest BCUT2D eigenvalue weighted by molar-refractivity contribution is 6.35. The van der Waals surface area contributed by atoms with E-state index in [4.69, 9.17) is 28.3 Å². The topological polar surface area (TPSA) is 91.7 Å². The van der Waals surface area contributed by atoms with Crippen LogP contribution in [-0.2, 0) is 9.59 Å². The number of aliphatic hydroxyl groups excluding tert-OH is 1. The van der Waals surface area contributed by atoms with Crippen LogP contribution in [0.1, 0.15) is 55.3 Å². The number of rotatable bonds is 10. The minimum Gasteiger partial charge on any atom is -0.481 e. The molecule has 1 aliphatic rings. The standard InChI is InChI=1S/C21H24Cl2O5/c22-14-9-13(10-15(23)11-14)18(24)8-7-17-16(19(25)12-20(17)26)5-3-1-2-4-6-21(27)28/h7-11,16-17,20,26H,1-6,12H2,(H,27,28)/t16-,17-,20+/m0/s1.